The highest BCUT2D eigenvalue weighted by Gasteiger charge is 2.04. The van der Waals surface area contributed by atoms with Crippen molar-refractivity contribution in [2.75, 3.05) is 0 Å². The van der Waals surface area contributed by atoms with Gasteiger partial charge in [-0.25, -0.2) is 4.21 Å². The number of H-pyrrole nitrogens is 1. The second-order valence-corrected chi connectivity index (χ2v) is 6.00. The van der Waals surface area contributed by atoms with E-state index in [2.05, 4.69) is 15.2 Å². The predicted molar refractivity (Wildman–Crippen MR) is 87.8 cm³/mol. The van der Waals surface area contributed by atoms with Crippen LogP contribution in [0.4, 0.5) is 0 Å². The number of nitrogens with zero attached hydrogens (tertiary/aromatic N) is 2. The van der Waals surface area contributed by atoms with Crippen LogP contribution in [0.15, 0.2) is 59.8 Å². The summed E-state index contributed by atoms with van der Waals surface area (Å²) in [6.07, 6.45) is 3.32. The Morgan fingerprint density at radius 3 is 2.87 bits per heavy atom. The van der Waals surface area contributed by atoms with Crippen molar-refractivity contribution in [1.29, 1.82) is 5.41 Å². The molecule has 0 spiro atoms. The van der Waals surface area contributed by atoms with E-state index in [1.54, 1.807) is 30.6 Å². The van der Waals surface area contributed by atoms with Gasteiger partial charge in [0.2, 0.25) is 0 Å². The lowest BCUT2D eigenvalue weighted by Gasteiger charge is -2.07. The normalized spacial score (nSPS) is 11.8. The number of benzene rings is 1. The number of nitrogens with one attached hydrogen (secondary N) is 2. The van der Waals surface area contributed by atoms with E-state index in [9.17, 15) is 4.21 Å². The molecule has 0 saturated heterocycles. The number of aromatic amines is 1. The highest BCUT2D eigenvalue weighted by atomic mass is 32.2. The SMILES string of the molecule is N=CS(=O)c1cccc(COc2ccc(-c3ccn[nH]3)nc2)c1. The number of ether oxygens (including phenoxy) is 1. The lowest BCUT2D eigenvalue weighted by molar-refractivity contribution is 0.305. The third kappa shape index (κ3) is 3.70. The van der Waals surface area contributed by atoms with E-state index in [-0.39, 0.29) is 0 Å². The molecule has 2 aromatic heterocycles. The summed E-state index contributed by atoms with van der Waals surface area (Å²) in [5.74, 6) is 0.645. The molecule has 0 bridgehead atoms. The van der Waals surface area contributed by atoms with Gasteiger partial charge in [-0.2, -0.15) is 5.10 Å². The van der Waals surface area contributed by atoms with Gasteiger partial charge in [0.1, 0.15) is 12.4 Å². The third-order valence-corrected chi connectivity index (χ3v) is 4.09. The van der Waals surface area contributed by atoms with Gasteiger partial charge in [0.15, 0.2) is 0 Å². The average molecular weight is 326 g/mol. The first kappa shape index (κ1) is 15.1. The molecule has 7 heteroatoms. The maximum Gasteiger partial charge on any atom is 0.138 e. The largest absolute Gasteiger partial charge is 0.487 e. The van der Waals surface area contributed by atoms with Gasteiger partial charge in [-0.15, -0.1) is 0 Å². The fraction of sp³-hybridized carbons (Fsp3) is 0.0625. The Labute approximate surface area is 135 Å². The predicted octanol–water partition coefficient (Wildman–Crippen LogP) is 2.77. The van der Waals surface area contributed by atoms with Gasteiger partial charge in [0, 0.05) is 11.1 Å². The van der Waals surface area contributed by atoms with Crippen LogP contribution in [-0.4, -0.2) is 24.9 Å². The average Bonchev–Trinajstić information content (AvgIpc) is 3.14. The number of pyridine rings is 1. The fourth-order valence-electron chi connectivity index (χ4n) is 2.02. The highest BCUT2D eigenvalue weighted by Crippen LogP contribution is 2.18. The highest BCUT2D eigenvalue weighted by molar-refractivity contribution is 7.98. The van der Waals surface area contributed by atoms with E-state index in [0.29, 0.717) is 17.3 Å². The molecular weight excluding hydrogens is 312 g/mol. The Balaban J connectivity index is 1.66. The summed E-state index contributed by atoms with van der Waals surface area (Å²) in [6.45, 7) is 0.341. The smallest absolute Gasteiger partial charge is 0.138 e. The molecule has 0 fully saturated rings. The van der Waals surface area contributed by atoms with Crippen molar-refractivity contribution in [3.8, 4) is 17.1 Å². The van der Waals surface area contributed by atoms with Crippen LogP contribution < -0.4 is 4.74 Å². The molecule has 0 aliphatic heterocycles. The van der Waals surface area contributed by atoms with E-state index in [4.69, 9.17) is 10.1 Å². The lowest BCUT2D eigenvalue weighted by Crippen LogP contribution is -1.98. The Morgan fingerprint density at radius 2 is 2.17 bits per heavy atom. The standard InChI is InChI=1S/C16H14N4O2S/c17-11-23(21)14-3-1-2-12(8-14)10-22-13-4-5-15(18-9-13)16-6-7-19-20-16/h1-9,11,17H,10H2,(H,19,20). The van der Waals surface area contributed by atoms with Crippen LogP contribution in [0.5, 0.6) is 5.75 Å². The summed E-state index contributed by atoms with van der Waals surface area (Å²) in [5, 5.41) is 13.8. The van der Waals surface area contributed by atoms with Crippen molar-refractivity contribution in [3.05, 3.63) is 60.4 Å². The molecule has 23 heavy (non-hydrogen) atoms. The first-order chi connectivity index (χ1) is 11.3. The van der Waals surface area contributed by atoms with Gasteiger partial charge < -0.3 is 4.74 Å². The van der Waals surface area contributed by atoms with Crippen LogP contribution in [-0.2, 0) is 17.4 Å². The quantitative estimate of drug-likeness (QED) is 0.538. The van der Waals surface area contributed by atoms with Crippen LogP contribution >= 0.6 is 0 Å². The van der Waals surface area contributed by atoms with E-state index < -0.39 is 10.8 Å². The Morgan fingerprint density at radius 1 is 1.26 bits per heavy atom. The summed E-state index contributed by atoms with van der Waals surface area (Å²) >= 11 is 0. The van der Waals surface area contributed by atoms with E-state index in [1.165, 1.54) is 0 Å². The number of aromatic nitrogens is 3. The molecule has 0 aliphatic rings. The third-order valence-electron chi connectivity index (χ3n) is 3.16. The van der Waals surface area contributed by atoms with Crippen molar-refractivity contribution in [2.24, 2.45) is 0 Å². The van der Waals surface area contributed by atoms with Gasteiger partial charge in [0.25, 0.3) is 0 Å². The van der Waals surface area contributed by atoms with Gasteiger partial charge >= 0.3 is 0 Å². The summed E-state index contributed by atoms with van der Waals surface area (Å²) in [7, 11) is -1.40. The molecule has 3 rings (SSSR count). The van der Waals surface area contributed by atoms with Gasteiger partial charge in [-0.05, 0) is 35.9 Å². The second-order valence-electron chi connectivity index (χ2n) is 4.70. The molecule has 3 aromatic rings. The van der Waals surface area contributed by atoms with Crippen molar-refractivity contribution in [1.82, 2.24) is 15.2 Å². The van der Waals surface area contributed by atoms with Crippen LogP contribution in [0.2, 0.25) is 0 Å². The Hall–Kier alpha value is -2.80. The minimum atomic E-state index is -1.40. The zero-order valence-corrected chi connectivity index (χ0v) is 12.9. The molecule has 1 aromatic carbocycles. The number of rotatable bonds is 6. The van der Waals surface area contributed by atoms with Crippen molar-refractivity contribution in [3.63, 3.8) is 0 Å². The molecule has 6 nitrogen and oxygen atoms in total. The zero-order chi connectivity index (χ0) is 16.1. The fourth-order valence-corrected chi connectivity index (χ4v) is 2.63. The number of hydrogen-bond donors (Lipinski definition) is 2. The van der Waals surface area contributed by atoms with Crippen molar-refractivity contribution < 1.29 is 8.95 Å². The summed E-state index contributed by atoms with van der Waals surface area (Å²) in [6, 6.07) is 12.7. The minimum absolute atomic E-state index is 0.341. The molecular formula is C16H14N4O2S. The molecule has 2 heterocycles. The first-order valence-electron chi connectivity index (χ1n) is 6.85. The minimum Gasteiger partial charge on any atom is -0.487 e. The van der Waals surface area contributed by atoms with Crippen LogP contribution in [0.1, 0.15) is 5.56 Å². The lowest BCUT2D eigenvalue weighted by atomic mass is 10.2. The maximum atomic E-state index is 11.6. The maximum absolute atomic E-state index is 11.6. The van der Waals surface area contributed by atoms with E-state index in [0.717, 1.165) is 22.5 Å². The summed E-state index contributed by atoms with van der Waals surface area (Å²) in [4.78, 5) is 4.91. The topological polar surface area (TPSA) is 91.7 Å². The summed E-state index contributed by atoms with van der Waals surface area (Å²) < 4.78 is 17.3. The van der Waals surface area contributed by atoms with Gasteiger partial charge in [-0.1, -0.05) is 12.1 Å². The van der Waals surface area contributed by atoms with Crippen molar-refractivity contribution >= 4 is 16.3 Å². The first-order valence-corrected chi connectivity index (χ1v) is 8.06. The monoisotopic (exact) mass is 326 g/mol. The molecule has 1 unspecified atom stereocenters. The number of hydrogen-bond acceptors (Lipinski definition) is 5. The van der Waals surface area contributed by atoms with Crippen LogP contribution in [0.25, 0.3) is 11.4 Å². The van der Waals surface area contributed by atoms with Crippen molar-refractivity contribution in [2.45, 2.75) is 11.5 Å². The van der Waals surface area contributed by atoms with Crippen LogP contribution in [0, 0.1) is 5.41 Å². The second kappa shape index (κ2) is 6.97. The van der Waals surface area contributed by atoms with E-state index >= 15 is 0 Å². The Kier molecular flexibility index (Phi) is 4.58. The summed E-state index contributed by atoms with van der Waals surface area (Å²) in [5.41, 5.74) is 3.44. The zero-order valence-electron chi connectivity index (χ0n) is 12.1. The van der Waals surface area contributed by atoms with Crippen LogP contribution in [0.3, 0.4) is 0 Å². The molecule has 0 amide bonds. The van der Waals surface area contributed by atoms with Gasteiger partial charge in [0.05, 0.1) is 33.9 Å². The molecule has 0 aliphatic carbocycles. The Bertz CT molecular complexity index is 816. The molecule has 1 atom stereocenters. The van der Waals surface area contributed by atoms with E-state index in [1.807, 2.05) is 24.3 Å². The molecule has 0 radical (unpaired) electrons. The molecule has 116 valence electrons. The molecule has 0 saturated carbocycles. The molecule has 2 N–H and O–H groups in total. The van der Waals surface area contributed by atoms with Gasteiger partial charge in [-0.3, -0.25) is 15.5 Å².